The molecule has 6 nitrogen and oxygen atoms in total. The molecular weight excluding hydrogens is 250 g/mol. The van der Waals surface area contributed by atoms with E-state index in [1.54, 1.807) is 6.07 Å². The lowest BCUT2D eigenvalue weighted by molar-refractivity contribution is -0.138. The predicted molar refractivity (Wildman–Crippen MR) is 67.3 cm³/mol. The summed E-state index contributed by atoms with van der Waals surface area (Å²) in [4.78, 5) is 24.2. The Balaban J connectivity index is 2.36. The van der Waals surface area contributed by atoms with Crippen molar-refractivity contribution >= 4 is 17.7 Å². The van der Waals surface area contributed by atoms with Crippen molar-refractivity contribution in [1.82, 2.24) is 0 Å². The van der Waals surface area contributed by atoms with Gasteiger partial charge in [-0.15, -0.1) is 0 Å². The average Bonchev–Trinajstić information content (AvgIpc) is 2.74. The number of phenols is 1. The Bertz CT molecular complexity index is 540. The minimum atomic E-state index is -1.12. The number of carboxylic acids is 1. The third-order valence-corrected chi connectivity index (χ3v) is 2.86. The van der Waals surface area contributed by atoms with Gasteiger partial charge < -0.3 is 14.9 Å². The summed E-state index contributed by atoms with van der Waals surface area (Å²) in [5, 5.41) is 18.6. The lowest BCUT2D eigenvalue weighted by Crippen LogP contribution is -2.43. The van der Waals surface area contributed by atoms with Crippen molar-refractivity contribution in [3.05, 3.63) is 36.4 Å². The summed E-state index contributed by atoms with van der Waals surface area (Å²) in [6.45, 7) is 3.42. The molecule has 2 N–H and O–H groups in total. The monoisotopic (exact) mass is 263 g/mol. The first-order valence-corrected chi connectivity index (χ1v) is 5.66. The molecule has 0 radical (unpaired) electrons. The average molecular weight is 263 g/mol. The number of anilines is 1. The van der Waals surface area contributed by atoms with E-state index < -0.39 is 18.1 Å². The molecule has 2 rings (SSSR count). The highest BCUT2D eigenvalue weighted by Crippen LogP contribution is 2.35. The van der Waals surface area contributed by atoms with Crippen molar-refractivity contribution in [2.24, 2.45) is 0 Å². The van der Waals surface area contributed by atoms with E-state index in [-0.39, 0.29) is 18.8 Å². The molecule has 100 valence electrons. The SMILES string of the molecule is C=CCOC(=O)N1c2cc(O)ccc2CC1C(=O)O. The van der Waals surface area contributed by atoms with E-state index in [0.29, 0.717) is 11.3 Å². The molecule has 0 bridgehead atoms. The van der Waals surface area contributed by atoms with Gasteiger partial charge in [0.25, 0.3) is 0 Å². The number of carbonyl (C=O) groups excluding carboxylic acids is 1. The Labute approximate surface area is 109 Å². The molecule has 1 aromatic rings. The van der Waals surface area contributed by atoms with Crippen LogP contribution in [-0.2, 0) is 16.0 Å². The van der Waals surface area contributed by atoms with E-state index in [4.69, 9.17) is 9.84 Å². The number of nitrogens with zero attached hydrogens (tertiary/aromatic N) is 1. The fraction of sp³-hybridized carbons (Fsp3) is 0.231. The van der Waals surface area contributed by atoms with Gasteiger partial charge in [0.05, 0.1) is 5.69 Å². The number of benzene rings is 1. The smallest absolute Gasteiger partial charge is 0.415 e. The Morgan fingerprint density at radius 1 is 1.53 bits per heavy atom. The standard InChI is InChI=1S/C13H13NO5/c1-2-5-19-13(18)14-10-7-9(15)4-3-8(10)6-11(14)12(16)17/h2-4,7,11,15H,1,5-6H2,(H,16,17). The van der Waals surface area contributed by atoms with Crippen molar-refractivity contribution in [3.63, 3.8) is 0 Å². The van der Waals surface area contributed by atoms with E-state index in [1.165, 1.54) is 18.2 Å². The molecule has 1 heterocycles. The number of rotatable bonds is 3. The van der Waals surface area contributed by atoms with Crippen LogP contribution < -0.4 is 4.90 Å². The second-order valence-electron chi connectivity index (χ2n) is 4.11. The Kier molecular flexibility index (Phi) is 3.41. The second kappa shape index (κ2) is 5.01. The highest BCUT2D eigenvalue weighted by Gasteiger charge is 2.39. The van der Waals surface area contributed by atoms with Crippen molar-refractivity contribution in [2.45, 2.75) is 12.5 Å². The summed E-state index contributed by atoms with van der Waals surface area (Å²) >= 11 is 0. The third kappa shape index (κ3) is 2.37. The van der Waals surface area contributed by atoms with Gasteiger partial charge >= 0.3 is 12.1 Å². The Hall–Kier alpha value is -2.50. The van der Waals surface area contributed by atoms with Crippen LogP contribution in [0.3, 0.4) is 0 Å². The number of hydrogen-bond donors (Lipinski definition) is 2. The molecule has 0 spiro atoms. The Morgan fingerprint density at radius 2 is 2.26 bits per heavy atom. The van der Waals surface area contributed by atoms with Crippen LogP contribution in [0.25, 0.3) is 0 Å². The van der Waals surface area contributed by atoms with Gasteiger partial charge in [-0.3, -0.25) is 4.90 Å². The van der Waals surface area contributed by atoms with Crippen LogP contribution in [0.2, 0.25) is 0 Å². The van der Waals surface area contributed by atoms with Crippen LogP contribution in [0, 0.1) is 0 Å². The molecule has 0 aliphatic carbocycles. The summed E-state index contributed by atoms with van der Waals surface area (Å²) in [7, 11) is 0. The molecule has 1 unspecified atom stereocenters. The summed E-state index contributed by atoms with van der Waals surface area (Å²) < 4.78 is 4.88. The van der Waals surface area contributed by atoms with Gasteiger partial charge in [-0.05, 0) is 11.6 Å². The maximum Gasteiger partial charge on any atom is 0.415 e. The molecule has 0 saturated heterocycles. The number of fused-ring (bicyclic) bond motifs is 1. The Morgan fingerprint density at radius 3 is 2.89 bits per heavy atom. The fourth-order valence-electron chi connectivity index (χ4n) is 2.04. The van der Waals surface area contributed by atoms with Gasteiger partial charge in [0, 0.05) is 12.5 Å². The number of ether oxygens (including phenoxy) is 1. The van der Waals surface area contributed by atoms with Gasteiger partial charge in [0.15, 0.2) is 0 Å². The van der Waals surface area contributed by atoms with Crippen LogP contribution in [0.4, 0.5) is 10.5 Å². The first-order chi connectivity index (χ1) is 9.04. The maximum atomic E-state index is 11.9. The molecular formula is C13H13NO5. The third-order valence-electron chi connectivity index (χ3n) is 2.86. The lowest BCUT2D eigenvalue weighted by Gasteiger charge is -2.21. The number of hydrogen-bond acceptors (Lipinski definition) is 4. The summed E-state index contributed by atoms with van der Waals surface area (Å²) in [6, 6.07) is 3.39. The number of aromatic hydroxyl groups is 1. The van der Waals surface area contributed by atoms with Gasteiger partial charge in [-0.1, -0.05) is 18.7 Å². The van der Waals surface area contributed by atoms with Crippen molar-refractivity contribution in [1.29, 1.82) is 0 Å². The zero-order valence-electron chi connectivity index (χ0n) is 10.1. The van der Waals surface area contributed by atoms with Crippen LogP contribution in [0.15, 0.2) is 30.9 Å². The zero-order valence-corrected chi connectivity index (χ0v) is 10.1. The van der Waals surface area contributed by atoms with Crippen LogP contribution in [0.5, 0.6) is 5.75 Å². The minimum Gasteiger partial charge on any atom is -0.508 e. The number of amides is 1. The van der Waals surface area contributed by atoms with E-state index in [2.05, 4.69) is 6.58 Å². The molecule has 0 saturated carbocycles. The van der Waals surface area contributed by atoms with E-state index >= 15 is 0 Å². The van der Waals surface area contributed by atoms with Crippen LogP contribution in [-0.4, -0.2) is 34.9 Å². The van der Waals surface area contributed by atoms with Gasteiger partial charge in [0.2, 0.25) is 0 Å². The lowest BCUT2D eigenvalue weighted by atomic mass is 10.1. The molecule has 1 aromatic carbocycles. The van der Waals surface area contributed by atoms with E-state index in [1.807, 2.05) is 0 Å². The quantitative estimate of drug-likeness (QED) is 0.807. The molecule has 1 aliphatic heterocycles. The molecule has 6 heteroatoms. The number of carbonyl (C=O) groups is 2. The molecule has 1 amide bonds. The fourth-order valence-corrected chi connectivity index (χ4v) is 2.04. The van der Waals surface area contributed by atoms with Crippen molar-refractivity contribution in [3.8, 4) is 5.75 Å². The highest BCUT2D eigenvalue weighted by atomic mass is 16.6. The van der Waals surface area contributed by atoms with E-state index in [0.717, 1.165) is 4.90 Å². The van der Waals surface area contributed by atoms with Crippen LogP contribution >= 0.6 is 0 Å². The first kappa shape index (κ1) is 12.9. The summed E-state index contributed by atoms with van der Waals surface area (Å²) in [5.74, 6) is -1.16. The van der Waals surface area contributed by atoms with Gasteiger partial charge in [-0.25, -0.2) is 9.59 Å². The molecule has 0 aromatic heterocycles. The number of phenolic OH excluding ortho intramolecular Hbond substituents is 1. The largest absolute Gasteiger partial charge is 0.508 e. The molecule has 1 atom stereocenters. The maximum absolute atomic E-state index is 11.9. The van der Waals surface area contributed by atoms with E-state index in [9.17, 15) is 14.7 Å². The molecule has 0 fully saturated rings. The first-order valence-electron chi connectivity index (χ1n) is 5.66. The minimum absolute atomic E-state index is 0.00415. The topological polar surface area (TPSA) is 87.1 Å². The zero-order chi connectivity index (χ0) is 14.0. The highest BCUT2D eigenvalue weighted by molar-refractivity contribution is 5.98. The number of carboxylic acid groups (broad SMARTS) is 1. The molecule has 1 aliphatic rings. The second-order valence-corrected chi connectivity index (χ2v) is 4.11. The van der Waals surface area contributed by atoms with Crippen LogP contribution in [0.1, 0.15) is 5.56 Å². The van der Waals surface area contributed by atoms with Crippen molar-refractivity contribution in [2.75, 3.05) is 11.5 Å². The predicted octanol–water partition coefficient (Wildman–Crippen LogP) is 1.53. The summed E-state index contributed by atoms with van der Waals surface area (Å²) in [6.07, 6.45) is 0.818. The normalized spacial score (nSPS) is 16.8. The van der Waals surface area contributed by atoms with Gasteiger partial charge in [-0.2, -0.15) is 0 Å². The van der Waals surface area contributed by atoms with Crippen molar-refractivity contribution < 1.29 is 24.5 Å². The van der Waals surface area contributed by atoms with Gasteiger partial charge in [0.1, 0.15) is 18.4 Å². The number of aliphatic carboxylic acids is 1. The summed E-state index contributed by atoms with van der Waals surface area (Å²) in [5.41, 5.74) is 1.04. The molecule has 19 heavy (non-hydrogen) atoms.